The Balaban J connectivity index is 3.53. The van der Waals surface area contributed by atoms with E-state index in [1.54, 1.807) is 6.92 Å². The predicted molar refractivity (Wildman–Crippen MR) is 31.1 cm³/mol. The number of rotatable bonds is 3. The van der Waals surface area contributed by atoms with Crippen LogP contribution in [-0.2, 0) is 14.6 Å². The first-order chi connectivity index (χ1) is 3.92. The molecule has 0 aliphatic rings. The summed E-state index contributed by atoms with van der Waals surface area (Å²) in [5.41, 5.74) is 5.10. The monoisotopic (exact) mass is 155 g/mol. The molecular formula is C3H9NO4S. The molecule has 0 fully saturated rings. The molecule has 0 amide bonds. The minimum absolute atomic E-state index is 0.196. The van der Waals surface area contributed by atoms with Gasteiger partial charge in [0.15, 0.2) is 0 Å². The molecule has 0 saturated heterocycles. The molecule has 5 nitrogen and oxygen atoms in total. The topological polar surface area (TPSA) is 89.6 Å². The zero-order valence-corrected chi connectivity index (χ0v) is 5.76. The van der Waals surface area contributed by atoms with E-state index < -0.39 is 16.4 Å². The third-order valence-electron chi connectivity index (χ3n) is 0.480. The molecule has 6 heteroatoms. The maximum absolute atomic E-state index is 9.81. The summed E-state index contributed by atoms with van der Waals surface area (Å²) in [6.45, 7) is 1.37. The molecule has 3 N–H and O–H groups in total. The van der Waals surface area contributed by atoms with Gasteiger partial charge in [0.1, 0.15) is 0 Å². The van der Waals surface area contributed by atoms with Crippen molar-refractivity contribution in [3.63, 3.8) is 0 Å². The molecule has 0 rings (SSSR count). The molecule has 0 aliphatic carbocycles. The van der Waals surface area contributed by atoms with E-state index in [0.717, 1.165) is 0 Å². The highest BCUT2D eigenvalue weighted by molar-refractivity contribution is 7.80. The summed E-state index contributed by atoms with van der Waals surface area (Å²) in [6, 6.07) is -0.396. The Labute approximate surface area is 53.8 Å². The lowest BCUT2D eigenvalue weighted by Gasteiger charge is -2.01. The van der Waals surface area contributed by atoms with Crippen molar-refractivity contribution in [3.8, 4) is 0 Å². The molecule has 0 bridgehead atoms. The molecular weight excluding hydrogens is 146 g/mol. The first kappa shape index (κ1) is 8.83. The summed E-state index contributed by atoms with van der Waals surface area (Å²) in [5.74, 6) is 0. The van der Waals surface area contributed by atoms with Gasteiger partial charge in [0.05, 0.1) is 6.61 Å². The Morgan fingerprint density at radius 2 is 2.22 bits per heavy atom. The van der Waals surface area contributed by atoms with Crippen LogP contribution in [0.5, 0.6) is 0 Å². The molecule has 0 aromatic rings. The van der Waals surface area contributed by atoms with Crippen molar-refractivity contribution in [2.45, 2.75) is 13.0 Å². The predicted octanol–water partition coefficient (Wildman–Crippen LogP) is -0.847. The summed E-state index contributed by atoms with van der Waals surface area (Å²) in [6.07, 6.45) is 0. The third kappa shape index (κ3) is 7.83. The van der Waals surface area contributed by atoms with Gasteiger partial charge in [-0.05, 0) is 6.92 Å². The Morgan fingerprint density at radius 1 is 1.78 bits per heavy atom. The summed E-state index contributed by atoms with van der Waals surface area (Å²) in [5, 5.41) is 0. The van der Waals surface area contributed by atoms with Crippen LogP contribution in [-0.4, -0.2) is 25.6 Å². The number of hydrogen-bond donors (Lipinski definition) is 2. The fourth-order valence-corrected chi connectivity index (χ4v) is 0.580. The van der Waals surface area contributed by atoms with E-state index >= 15 is 0 Å². The normalized spacial score (nSPS) is 15.4. The zero-order chi connectivity index (χ0) is 7.49. The molecule has 0 aromatic carbocycles. The number of nitrogens with two attached hydrogens (primary N) is 1. The Kier molecular flexibility index (Phi) is 3.06. The first-order valence-electron chi connectivity index (χ1n) is 2.29. The van der Waals surface area contributed by atoms with Crippen molar-refractivity contribution in [2.24, 2.45) is 5.73 Å². The van der Waals surface area contributed by atoms with Gasteiger partial charge in [0.2, 0.25) is 0 Å². The highest BCUT2D eigenvalue weighted by atomic mass is 32.3. The minimum atomic E-state index is -4.30. The third-order valence-corrected chi connectivity index (χ3v) is 0.914. The maximum atomic E-state index is 9.81. The van der Waals surface area contributed by atoms with E-state index in [9.17, 15) is 8.42 Å². The Bertz CT molecular complexity index is 161. The lowest BCUT2D eigenvalue weighted by molar-refractivity contribution is 0.255. The summed E-state index contributed by atoms with van der Waals surface area (Å²) < 4.78 is 31.5. The van der Waals surface area contributed by atoms with Crippen LogP contribution in [0.1, 0.15) is 6.92 Å². The average Bonchev–Trinajstić information content (AvgIpc) is 1.59. The summed E-state index contributed by atoms with van der Waals surface area (Å²) in [4.78, 5) is 0. The van der Waals surface area contributed by atoms with Crippen molar-refractivity contribution in [1.29, 1.82) is 0 Å². The van der Waals surface area contributed by atoms with Gasteiger partial charge in [-0.2, -0.15) is 8.42 Å². The lowest BCUT2D eigenvalue weighted by atomic mass is 10.4. The minimum Gasteiger partial charge on any atom is -0.326 e. The lowest BCUT2D eigenvalue weighted by Crippen LogP contribution is -2.23. The molecule has 56 valence electrons. The van der Waals surface area contributed by atoms with Gasteiger partial charge in [0.25, 0.3) is 0 Å². The molecule has 0 aliphatic heterocycles. The molecule has 0 heterocycles. The van der Waals surface area contributed by atoms with E-state index in [2.05, 4.69) is 4.18 Å². The SMILES string of the molecule is C[C@H](N)COS(=O)(=O)O. The zero-order valence-electron chi connectivity index (χ0n) is 4.94. The second kappa shape index (κ2) is 3.11. The number of hydrogen-bond acceptors (Lipinski definition) is 4. The summed E-state index contributed by atoms with van der Waals surface area (Å²) >= 11 is 0. The molecule has 0 radical (unpaired) electrons. The summed E-state index contributed by atoms with van der Waals surface area (Å²) in [7, 11) is -4.30. The van der Waals surface area contributed by atoms with Crippen molar-refractivity contribution in [3.05, 3.63) is 0 Å². The standard InChI is InChI=1S/C3H9NO4S/c1-3(4)2-8-9(5,6)7/h3H,2,4H2,1H3,(H,5,6,7)/t3-/m0/s1. The van der Waals surface area contributed by atoms with E-state index in [1.165, 1.54) is 0 Å². The molecule has 0 unspecified atom stereocenters. The van der Waals surface area contributed by atoms with Crippen LogP contribution in [0.15, 0.2) is 0 Å². The average molecular weight is 155 g/mol. The maximum Gasteiger partial charge on any atom is 0.397 e. The van der Waals surface area contributed by atoms with Crippen LogP contribution < -0.4 is 5.73 Å². The van der Waals surface area contributed by atoms with E-state index in [-0.39, 0.29) is 6.61 Å². The second-order valence-corrected chi connectivity index (χ2v) is 2.78. The molecule has 0 saturated carbocycles. The quantitative estimate of drug-likeness (QED) is 0.518. The molecule has 1 atom stereocenters. The van der Waals surface area contributed by atoms with Crippen LogP contribution in [0.4, 0.5) is 0 Å². The van der Waals surface area contributed by atoms with Crippen molar-refractivity contribution in [1.82, 2.24) is 0 Å². The van der Waals surface area contributed by atoms with Crippen molar-refractivity contribution >= 4 is 10.4 Å². The fraction of sp³-hybridized carbons (Fsp3) is 1.00. The molecule has 0 spiro atoms. The largest absolute Gasteiger partial charge is 0.397 e. The van der Waals surface area contributed by atoms with Crippen LogP contribution in [0.2, 0.25) is 0 Å². The van der Waals surface area contributed by atoms with Crippen molar-refractivity contribution < 1.29 is 17.2 Å². The highest BCUT2D eigenvalue weighted by Gasteiger charge is 2.04. The Morgan fingerprint density at radius 3 is 2.33 bits per heavy atom. The van der Waals surface area contributed by atoms with Gasteiger partial charge in [-0.3, -0.25) is 4.55 Å². The smallest absolute Gasteiger partial charge is 0.326 e. The Hall–Kier alpha value is -0.170. The van der Waals surface area contributed by atoms with E-state index in [0.29, 0.717) is 0 Å². The van der Waals surface area contributed by atoms with Gasteiger partial charge in [-0.25, -0.2) is 4.18 Å². The highest BCUT2D eigenvalue weighted by Crippen LogP contribution is 1.86. The van der Waals surface area contributed by atoms with Gasteiger partial charge in [-0.1, -0.05) is 0 Å². The van der Waals surface area contributed by atoms with Gasteiger partial charge < -0.3 is 5.73 Å². The van der Waals surface area contributed by atoms with Gasteiger partial charge in [-0.15, -0.1) is 0 Å². The van der Waals surface area contributed by atoms with Crippen LogP contribution in [0, 0.1) is 0 Å². The van der Waals surface area contributed by atoms with E-state index in [1.807, 2.05) is 0 Å². The van der Waals surface area contributed by atoms with Crippen molar-refractivity contribution in [2.75, 3.05) is 6.61 Å². The van der Waals surface area contributed by atoms with Gasteiger partial charge >= 0.3 is 10.4 Å². The molecule has 0 aromatic heterocycles. The van der Waals surface area contributed by atoms with Crippen LogP contribution in [0.3, 0.4) is 0 Å². The van der Waals surface area contributed by atoms with Gasteiger partial charge in [0, 0.05) is 6.04 Å². The first-order valence-corrected chi connectivity index (χ1v) is 3.66. The van der Waals surface area contributed by atoms with Crippen LogP contribution >= 0.6 is 0 Å². The van der Waals surface area contributed by atoms with Crippen LogP contribution in [0.25, 0.3) is 0 Å². The fourth-order valence-electron chi connectivity index (χ4n) is 0.193. The second-order valence-electron chi connectivity index (χ2n) is 1.69. The molecule has 9 heavy (non-hydrogen) atoms. The van der Waals surface area contributed by atoms with E-state index in [4.69, 9.17) is 10.3 Å².